The standard InChI is InChI=1S/C11H23NO2/c1-9(2)14-10(3)7-12-6-5-11(8-12)13-4/h9-11H,5-8H2,1-4H3/t10-,11+/m1/s1. The Balaban J connectivity index is 2.18. The average Bonchev–Trinajstić information content (AvgIpc) is 2.50. The first-order chi connectivity index (χ1) is 6.61. The minimum Gasteiger partial charge on any atom is -0.380 e. The molecule has 0 bridgehead atoms. The van der Waals surface area contributed by atoms with Crippen LogP contribution in [-0.2, 0) is 9.47 Å². The predicted molar refractivity (Wildman–Crippen MR) is 57.5 cm³/mol. The molecule has 1 saturated heterocycles. The van der Waals surface area contributed by atoms with Crippen molar-refractivity contribution in [1.29, 1.82) is 0 Å². The maximum Gasteiger partial charge on any atom is 0.0710 e. The zero-order chi connectivity index (χ0) is 10.6. The largest absolute Gasteiger partial charge is 0.380 e. The second-order valence-electron chi connectivity index (χ2n) is 4.40. The molecule has 14 heavy (non-hydrogen) atoms. The summed E-state index contributed by atoms with van der Waals surface area (Å²) in [5, 5.41) is 0. The second kappa shape index (κ2) is 5.69. The first-order valence-electron chi connectivity index (χ1n) is 5.52. The van der Waals surface area contributed by atoms with Crippen LogP contribution in [-0.4, -0.2) is 50.0 Å². The summed E-state index contributed by atoms with van der Waals surface area (Å²) in [5.41, 5.74) is 0. The highest BCUT2D eigenvalue weighted by atomic mass is 16.5. The molecule has 0 aliphatic carbocycles. The molecule has 84 valence electrons. The van der Waals surface area contributed by atoms with Gasteiger partial charge in [-0.2, -0.15) is 0 Å². The molecular weight excluding hydrogens is 178 g/mol. The van der Waals surface area contributed by atoms with E-state index in [-0.39, 0.29) is 0 Å². The van der Waals surface area contributed by atoms with Crippen molar-refractivity contribution in [3.8, 4) is 0 Å². The lowest BCUT2D eigenvalue weighted by Crippen LogP contribution is -2.32. The van der Waals surface area contributed by atoms with Gasteiger partial charge in [-0.15, -0.1) is 0 Å². The van der Waals surface area contributed by atoms with Gasteiger partial charge in [0.05, 0.1) is 18.3 Å². The first-order valence-corrected chi connectivity index (χ1v) is 5.52. The molecule has 1 rings (SSSR count). The smallest absolute Gasteiger partial charge is 0.0710 e. The highest BCUT2D eigenvalue weighted by Gasteiger charge is 2.23. The molecule has 0 aromatic heterocycles. The lowest BCUT2D eigenvalue weighted by Gasteiger charge is -2.22. The summed E-state index contributed by atoms with van der Waals surface area (Å²) in [4.78, 5) is 2.42. The molecule has 0 radical (unpaired) electrons. The zero-order valence-corrected chi connectivity index (χ0v) is 9.82. The van der Waals surface area contributed by atoms with Gasteiger partial charge < -0.3 is 9.47 Å². The average molecular weight is 201 g/mol. The van der Waals surface area contributed by atoms with E-state index in [2.05, 4.69) is 25.7 Å². The zero-order valence-electron chi connectivity index (χ0n) is 9.82. The maximum absolute atomic E-state index is 5.70. The highest BCUT2D eigenvalue weighted by Crippen LogP contribution is 2.13. The van der Waals surface area contributed by atoms with E-state index in [1.165, 1.54) is 0 Å². The van der Waals surface area contributed by atoms with Gasteiger partial charge >= 0.3 is 0 Å². The Labute approximate surface area is 87.4 Å². The molecular formula is C11H23NO2. The van der Waals surface area contributed by atoms with Crippen LogP contribution in [0.1, 0.15) is 27.2 Å². The van der Waals surface area contributed by atoms with E-state index in [1.807, 2.05) is 0 Å². The molecule has 0 aromatic rings. The van der Waals surface area contributed by atoms with Gasteiger partial charge in [0.25, 0.3) is 0 Å². The lowest BCUT2D eigenvalue weighted by atomic mass is 10.3. The van der Waals surface area contributed by atoms with E-state index in [4.69, 9.17) is 9.47 Å². The number of nitrogens with zero attached hydrogens (tertiary/aromatic N) is 1. The molecule has 1 fully saturated rings. The third kappa shape index (κ3) is 3.95. The summed E-state index contributed by atoms with van der Waals surface area (Å²) >= 11 is 0. The maximum atomic E-state index is 5.70. The minimum atomic E-state index is 0.325. The summed E-state index contributed by atoms with van der Waals surface area (Å²) in [7, 11) is 1.79. The van der Waals surface area contributed by atoms with Crippen molar-refractivity contribution in [1.82, 2.24) is 4.90 Å². The molecule has 0 saturated carbocycles. The van der Waals surface area contributed by atoms with Crippen LogP contribution < -0.4 is 0 Å². The van der Waals surface area contributed by atoms with E-state index in [0.29, 0.717) is 18.3 Å². The molecule has 0 aromatic carbocycles. The number of hydrogen-bond acceptors (Lipinski definition) is 3. The monoisotopic (exact) mass is 201 g/mol. The van der Waals surface area contributed by atoms with Gasteiger partial charge in [-0.05, 0) is 27.2 Å². The Bertz CT molecular complexity index is 161. The van der Waals surface area contributed by atoms with Crippen LogP contribution >= 0.6 is 0 Å². The SMILES string of the molecule is CO[C@H]1CCN(C[C@@H](C)OC(C)C)C1. The van der Waals surface area contributed by atoms with E-state index < -0.39 is 0 Å². The molecule has 1 aliphatic heterocycles. The number of likely N-dealkylation sites (tertiary alicyclic amines) is 1. The molecule has 3 nitrogen and oxygen atoms in total. The third-order valence-corrected chi connectivity index (χ3v) is 2.58. The van der Waals surface area contributed by atoms with Crippen LogP contribution in [0.4, 0.5) is 0 Å². The Kier molecular flexibility index (Phi) is 4.85. The Morgan fingerprint density at radius 2 is 2.07 bits per heavy atom. The van der Waals surface area contributed by atoms with Crippen LogP contribution in [0.15, 0.2) is 0 Å². The van der Waals surface area contributed by atoms with Crippen molar-refractivity contribution in [3.05, 3.63) is 0 Å². The van der Waals surface area contributed by atoms with Gasteiger partial charge in [-0.25, -0.2) is 0 Å². The van der Waals surface area contributed by atoms with Crippen LogP contribution in [0.25, 0.3) is 0 Å². The van der Waals surface area contributed by atoms with Gasteiger partial charge in [0, 0.05) is 26.7 Å². The van der Waals surface area contributed by atoms with E-state index >= 15 is 0 Å². The number of ether oxygens (including phenoxy) is 2. The molecule has 2 atom stereocenters. The highest BCUT2D eigenvalue weighted by molar-refractivity contribution is 4.77. The van der Waals surface area contributed by atoms with Crippen molar-refractivity contribution in [3.63, 3.8) is 0 Å². The van der Waals surface area contributed by atoms with Crippen molar-refractivity contribution in [2.45, 2.75) is 45.5 Å². The van der Waals surface area contributed by atoms with Crippen molar-refractivity contribution in [2.75, 3.05) is 26.7 Å². The molecule has 3 heteroatoms. The number of methoxy groups -OCH3 is 1. The van der Waals surface area contributed by atoms with Crippen LogP contribution in [0, 0.1) is 0 Å². The molecule has 0 unspecified atom stereocenters. The fourth-order valence-electron chi connectivity index (χ4n) is 2.03. The predicted octanol–water partition coefficient (Wildman–Crippen LogP) is 1.52. The molecule has 1 aliphatic rings. The van der Waals surface area contributed by atoms with Gasteiger partial charge in [0.2, 0.25) is 0 Å². The fraction of sp³-hybridized carbons (Fsp3) is 1.00. The van der Waals surface area contributed by atoms with Crippen molar-refractivity contribution >= 4 is 0 Å². The molecule has 1 heterocycles. The quantitative estimate of drug-likeness (QED) is 0.673. The lowest BCUT2D eigenvalue weighted by molar-refractivity contribution is -0.000223. The van der Waals surface area contributed by atoms with Gasteiger partial charge in [0.15, 0.2) is 0 Å². The summed E-state index contributed by atoms with van der Waals surface area (Å²) < 4.78 is 11.0. The van der Waals surface area contributed by atoms with Gasteiger partial charge in [-0.1, -0.05) is 0 Å². The molecule has 0 spiro atoms. The van der Waals surface area contributed by atoms with Crippen LogP contribution in [0.3, 0.4) is 0 Å². The van der Waals surface area contributed by atoms with Crippen molar-refractivity contribution < 1.29 is 9.47 Å². The fourth-order valence-corrected chi connectivity index (χ4v) is 2.03. The summed E-state index contributed by atoms with van der Waals surface area (Å²) in [6.07, 6.45) is 2.24. The Morgan fingerprint density at radius 3 is 2.57 bits per heavy atom. The second-order valence-corrected chi connectivity index (χ2v) is 4.40. The summed E-state index contributed by atoms with van der Waals surface area (Å²) in [6, 6.07) is 0. The molecule has 0 N–H and O–H groups in total. The Hall–Kier alpha value is -0.120. The van der Waals surface area contributed by atoms with E-state index in [0.717, 1.165) is 26.1 Å². The van der Waals surface area contributed by atoms with Gasteiger partial charge in [0.1, 0.15) is 0 Å². The Morgan fingerprint density at radius 1 is 1.36 bits per heavy atom. The number of rotatable bonds is 5. The summed E-state index contributed by atoms with van der Waals surface area (Å²) in [5.74, 6) is 0. The number of hydrogen-bond donors (Lipinski definition) is 0. The van der Waals surface area contributed by atoms with E-state index in [1.54, 1.807) is 7.11 Å². The minimum absolute atomic E-state index is 0.325. The van der Waals surface area contributed by atoms with Crippen LogP contribution in [0.5, 0.6) is 0 Å². The topological polar surface area (TPSA) is 21.7 Å². The van der Waals surface area contributed by atoms with Gasteiger partial charge in [-0.3, -0.25) is 4.90 Å². The van der Waals surface area contributed by atoms with E-state index in [9.17, 15) is 0 Å². The summed E-state index contributed by atoms with van der Waals surface area (Å²) in [6.45, 7) is 9.53. The van der Waals surface area contributed by atoms with Crippen molar-refractivity contribution in [2.24, 2.45) is 0 Å². The molecule has 0 amide bonds. The normalized spacial score (nSPS) is 25.9. The first kappa shape index (κ1) is 12.0. The van der Waals surface area contributed by atoms with Crippen LogP contribution in [0.2, 0.25) is 0 Å². The third-order valence-electron chi connectivity index (χ3n) is 2.58.